The lowest BCUT2D eigenvalue weighted by Gasteiger charge is -2.62. The Morgan fingerprint density at radius 3 is 2.19 bits per heavy atom. The van der Waals surface area contributed by atoms with Gasteiger partial charge in [-0.25, -0.2) is 4.39 Å². The highest BCUT2D eigenvalue weighted by Gasteiger charge is 2.61. The highest BCUT2D eigenvalue weighted by molar-refractivity contribution is 5.94. The molecule has 1 heterocycles. The second-order valence-electron chi connectivity index (χ2n) is 10.3. The van der Waals surface area contributed by atoms with E-state index in [4.69, 9.17) is 0 Å². The van der Waals surface area contributed by atoms with Crippen molar-refractivity contribution in [3.63, 3.8) is 0 Å². The number of hydrogen-bond donors (Lipinski definition) is 1. The van der Waals surface area contributed by atoms with Crippen LogP contribution in [-0.4, -0.2) is 59.2 Å². The van der Waals surface area contributed by atoms with Crippen LogP contribution >= 0.6 is 0 Å². The largest absolute Gasteiger partial charge is 0.351 e. The van der Waals surface area contributed by atoms with Crippen LogP contribution in [0.25, 0.3) is 0 Å². The van der Waals surface area contributed by atoms with E-state index < -0.39 is 5.82 Å². The molecule has 31 heavy (non-hydrogen) atoms. The average molecular weight is 428 g/mol. The molecule has 6 nitrogen and oxygen atoms in total. The number of halogens is 1. The number of piperazine rings is 1. The number of carbonyl (C=O) groups excluding carboxylic acids is 3. The van der Waals surface area contributed by atoms with Gasteiger partial charge in [-0.15, -0.1) is 0 Å². The van der Waals surface area contributed by atoms with Crippen molar-refractivity contribution in [1.82, 2.24) is 15.1 Å². The maximum atomic E-state index is 14.0. The van der Waals surface area contributed by atoms with Crippen LogP contribution in [0, 0.1) is 23.1 Å². The summed E-state index contributed by atoms with van der Waals surface area (Å²) in [4.78, 5) is 41.9. The van der Waals surface area contributed by atoms with Crippen LogP contribution < -0.4 is 5.32 Å². The summed E-state index contributed by atoms with van der Waals surface area (Å²) < 4.78 is 14.0. The van der Waals surface area contributed by atoms with Gasteiger partial charge in [0.05, 0.1) is 11.0 Å². The molecule has 7 heteroatoms. The van der Waals surface area contributed by atoms with Crippen LogP contribution in [0.2, 0.25) is 0 Å². The number of nitrogens with zero attached hydrogens (tertiary/aromatic N) is 2. The van der Waals surface area contributed by atoms with Gasteiger partial charge in [0.1, 0.15) is 5.82 Å². The molecule has 166 valence electrons. The minimum atomic E-state index is -0.511. The molecule has 0 aromatic heterocycles. The molecule has 5 aliphatic rings. The molecule has 0 radical (unpaired) electrons. The molecule has 4 saturated carbocycles. The Balaban J connectivity index is 1.28. The molecule has 5 fully saturated rings. The Bertz CT molecular complexity index is 910. The van der Waals surface area contributed by atoms with E-state index in [1.165, 1.54) is 18.6 Å². The first-order valence-electron chi connectivity index (χ1n) is 11.4. The predicted octanol–water partition coefficient (Wildman–Crippen LogP) is 2.59. The zero-order valence-corrected chi connectivity index (χ0v) is 18.0. The topological polar surface area (TPSA) is 69.7 Å². The summed E-state index contributed by atoms with van der Waals surface area (Å²) in [6.45, 7) is 3.35. The van der Waals surface area contributed by atoms with Gasteiger partial charge in [-0.3, -0.25) is 14.4 Å². The first-order valence-corrected chi connectivity index (χ1v) is 11.4. The zero-order valence-electron chi connectivity index (χ0n) is 18.0. The van der Waals surface area contributed by atoms with Gasteiger partial charge in [0.2, 0.25) is 11.8 Å². The number of nitrogens with one attached hydrogen (secondary N) is 1. The van der Waals surface area contributed by atoms with Gasteiger partial charge in [-0.1, -0.05) is 12.1 Å². The summed E-state index contributed by atoms with van der Waals surface area (Å²) in [6.07, 6.45) is 5.71. The number of carbonyl (C=O) groups is 3. The van der Waals surface area contributed by atoms with Crippen LogP contribution in [0.15, 0.2) is 24.3 Å². The number of hydrogen-bond acceptors (Lipinski definition) is 3. The summed E-state index contributed by atoms with van der Waals surface area (Å²) in [5.41, 5.74) is -0.529. The fourth-order valence-electron chi connectivity index (χ4n) is 7.29. The lowest BCUT2D eigenvalue weighted by molar-refractivity contribution is -0.164. The molecule has 2 atom stereocenters. The second-order valence-corrected chi connectivity index (χ2v) is 10.3. The van der Waals surface area contributed by atoms with Gasteiger partial charge in [-0.2, -0.15) is 0 Å². The second kappa shape index (κ2) is 7.31. The normalized spacial score (nSPS) is 34.0. The third-order valence-corrected chi connectivity index (χ3v) is 7.91. The molecule has 1 saturated heterocycles. The van der Waals surface area contributed by atoms with E-state index >= 15 is 0 Å². The SMILES string of the molecule is CC(=O)NC12C[C@@H]3C[C@@H](C1)CC(C(=O)N1CCN(C(=O)c4ccccc4F)CC1)(C3)C2. The van der Waals surface area contributed by atoms with Gasteiger partial charge in [0, 0.05) is 38.6 Å². The Hall–Kier alpha value is -2.44. The van der Waals surface area contributed by atoms with E-state index in [1.807, 2.05) is 4.90 Å². The molecule has 1 aromatic carbocycles. The Morgan fingerprint density at radius 1 is 0.968 bits per heavy atom. The summed E-state index contributed by atoms with van der Waals surface area (Å²) in [6, 6.07) is 6.03. The lowest BCUT2D eigenvalue weighted by Crippen LogP contribution is -2.66. The molecule has 3 amide bonds. The zero-order chi connectivity index (χ0) is 21.8. The first kappa shape index (κ1) is 20.5. The van der Waals surface area contributed by atoms with Crippen molar-refractivity contribution in [2.75, 3.05) is 26.2 Å². The fourth-order valence-corrected chi connectivity index (χ4v) is 7.29. The lowest BCUT2D eigenvalue weighted by atomic mass is 9.46. The van der Waals surface area contributed by atoms with Crippen molar-refractivity contribution >= 4 is 17.7 Å². The Morgan fingerprint density at radius 2 is 1.58 bits per heavy atom. The summed E-state index contributed by atoms with van der Waals surface area (Å²) >= 11 is 0. The Kier molecular flexibility index (Phi) is 4.83. The van der Waals surface area contributed by atoms with Crippen molar-refractivity contribution in [3.8, 4) is 0 Å². The highest BCUT2D eigenvalue weighted by Crippen LogP contribution is 2.62. The van der Waals surface area contributed by atoms with Crippen LogP contribution in [0.5, 0.6) is 0 Å². The van der Waals surface area contributed by atoms with Crippen molar-refractivity contribution in [1.29, 1.82) is 0 Å². The monoisotopic (exact) mass is 427 g/mol. The van der Waals surface area contributed by atoms with Crippen LogP contribution in [0.4, 0.5) is 4.39 Å². The molecule has 1 N–H and O–H groups in total. The predicted molar refractivity (Wildman–Crippen MR) is 113 cm³/mol. The van der Waals surface area contributed by atoms with Crippen LogP contribution in [0.1, 0.15) is 55.8 Å². The van der Waals surface area contributed by atoms with Crippen molar-refractivity contribution in [3.05, 3.63) is 35.6 Å². The summed E-state index contributed by atoms with van der Waals surface area (Å²) in [5, 5.41) is 3.22. The third-order valence-electron chi connectivity index (χ3n) is 7.91. The molecular weight excluding hydrogens is 397 g/mol. The average Bonchev–Trinajstić information content (AvgIpc) is 2.71. The number of rotatable bonds is 3. The van der Waals surface area contributed by atoms with Crippen LogP contribution in [-0.2, 0) is 9.59 Å². The van der Waals surface area contributed by atoms with Gasteiger partial charge in [0.25, 0.3) is 5.91 Å². The van der Waals surface area contributed by atoms with E-state index in [2.05, 4.69) is 5.32 Å². The van der Waals surface area contributed by atoms with Gasteiger partial charge in [-0.05, 0) is 62.5 Å². The maximum Gasteiger partial charge on any atom is 0.256 e. The standard InChI is InChI=1S/C24H30FN3O3/c1-16(29)26-24-13-17-10-18(14-24)12-23(11-17,15-24)22(31)28-8-6-27(7-9-28)21(30)19-4-2-3-5-20(19)25/h2-5,17-18H,6-15H2,1H3,(H,26,29)/t17-,18-,23?,24?/m1/s1. The van der Waals surface area contributed by atoms with Gasteiger partial charge < -0.3 is 15.1 Å². The summed E-state index contributed by atoms with van der Waals surface area (Å²) in [5.74, 6) is 0.355. The molecule has 1 aromatic rings. The van der Waals surface area contributed by atoms with E-state index in [0.29, 0.717) is 38.0 Å². The maximum absolute atomic E-state index is 14.0. The van der Waals surface area contributed by atoms with E-state index in [9.17, 15) is 18.8 Å². The minimum Gasteiger partial charge on any atom is -0.351 e. The molecule has 4 bridgehead atoms. The Labute approximate surface area is 182 Å². The molecule has 6 rings (SSSR count). The highest BCUT2D eigenvalue weighted by atomic mass is 19.1. The molecular formula is C24H30FN3O3. The minimum absolute atomic E-state index is 0.00943. The van der Waals surface area contributed by atoms with Gasteiger partial charge in [0.15, 0.2) is 0 Å². The van der Waals surface area contributed by atoms with Crippen molar-refractivity contribution < 1.29 is 18.8 Å². The quantitative estimate of drug-likeness (QED) is 0.806. The number of amides is 3. The summed E-state index contributed by atoms with van der Waals surface area (Å²) in [7, 11) is 0. The fraction of sp³-hybridized carbons (Fsp3) is 0.625. The molecule has 0 unspecified atom stereocenters. The smallest absolute Gasteiger partial charge is 0.256 e. The van der Waals surface area contributed by atoms with E-state index in [-0.39, 0.29) is 34.2 Å². The molecule has 4 aliphatic carbocycles. The third kappa shape index (κ3) is 3.52. The van der Waals surface area contributed by atoms with Gasteiger partial charge >= 0.3 is 0 Å². The molecule has 1 aliphatic heterocycles. The van der Waals surface area contributed by atoms with E-state index in [1.54, 1.807) is 24.0 Å². The van der Waals surface area contributed by atoms with E-state index in [0.717, 1.165) is 32.1 Å². The van der Waals surface area contributed by atoms with Crippen molar-refractivity contribution in [2.45, 2.75) is 51.0 Å². The molecule has 0 spiro atoms. The first-order chi connectivity index (χ1) is 14.8. The van der Waals surface area contributed by atoms with Crippen molar-refractivity contribution in [2.24, 2.45) is 17.3 Å². The number of benzene rings is 1. The van der Waals surface area contributed by atoms with Crippen LogP contribution in [0.3, 0.4) is 0 Å².